The lowest BCUT2D eigenvalue weighted by Gasteiger charge is -2.33. The molecule has 11 heteroatoms. The van der Waals surface area contributed by atoms with Gasteiger partial charge in [-0.15, -0.1) is 0 Å². The van der Waals surface area contributed by atoms with E-state index >= 15 is 0 Å². The Hall–Kier alpha value is -2.59. The van der Waals surface area contributed by atoms with Crippen LogP contribution in [0.1, 0.15) is 16.7 Å². The molecule has 3 aromatic rings. The van der Waals surface area contributed by atoms with E-state index in [1.165, 1.54) is 11.9 Å². The van der Waals surface area contributed by atoms with E-state index in [4.69, 9.17) is 23.2 Å². The van der Waals surface area contributed by atoms with Crippen LogP contribution < -0.4 is 9.62 Å². The molecule has 3 rings (SSSR count). The van der Waals surface area contributed by atoms with E-state index in [0.29, 0.717) is 21.3 Å². The number of benzene rings is 3. The molecule has 38 heavy (non-hydrogen) atoms. The van der Waals surface area contributed by atoms with E-state index < -0.39 is 34.4 Å². The third-order valence-electron chi connectivity index (χ3n) is 6.02. The first-order valence-electron chi connectivity index (χ1n) is 11.6. The molecule has 0 aliphatic carbocycles. The number of anilines is 1. The minimum atomic E-state index is -3.86. The van der Waals surface area contributed by atoms with Crippen LogP contribution in [0.2, 0.25) is 10.0 Å². The molecular weight excluding hydrogens is 613 g/mol. The normalized spacial score (nSPS) is 12.1. The molecule has 7 nitrogen and oxygen atoms in total. The molecule has 0 spiro atoms. The van der Waals surface area contributed by atoms with E-state index in [1.807, 2.05) is 37.3 Å². The number of sulfonamides is 1. The highest BCUT2D eigenvalue weighted by atomic mass is 79.9. The molecule has 1 atom stereocenters. The predicted octanol–water partition coefficient (Wildman–Crippen LogP) is 5.22. The summed E-state index contributed by atoms with van der Waals surface area (Å²) < 4.78 is 27.5. The van der Waals surface area contributed by atoms with Crippen molar-refractivity contribution in [2.24, 2.45) is 0 Å². The number of rotatable bonds is 10. The van der Waals surface area contributed by atoms with Crippen molar-refractivity contribution in [1.82, 2.24) is 10.2 Å². The van der Waals surface area contributed by atoms with Gasteiger partial charge in [0.25, 0.3) is 0 Å². The summed E-state index contributed by atoms with van der Waals surface area (Å²) in [4.78, 5) is 28.4. The Morgan fingerprint density at radius 1 is 1.00 bits per heavy atom. The van der Waals surface area contributed by atoms with Crippen molar-refractivity contribution in [2.75, 3.05) is 24.2 Å². The summed E-state index contributed by atoms with van der Waals surface area (Å²) in [5.74, 6) is -0.993. The number of likely N-dealkylation sites (N-methyl/N-ethyl adjacent to an activating group) is 1. The predicted molar refractivity (Wildman–Crippen MR) is 156 cm³/mol. The summed E-state index contributed by atoms with van der Waals surface area (Å²) in [6.45, 7) is 1.20. The van der Waals surface area contributed by atoms with Crippen molar-refractivity contribution >= 4 is 66.7 Å². The van der Waals surface area contributed by atoms with E-state index in [-0.39, 0.29) is 13.0 Å². The average molecular weight is 641 g/mol. The Kier molecular flexibility index (Phi) is 10.2. The van der Waals surface area contributed by atoms with Crippen molar-refractivity contribution in [2.45, 2.75) is 25.9 Å². The van der Waals surface area contributed by atoms with Crippen LogP contribution in [0.4, 0.5) is 5.69 Å². The third kappa shape index (κ3) is 7.50. The second kappa shape index (κ2) is 13.0. The van der Waals surface area contributed by atoms with E-state index in [1.54, 1.807) is 36.4 Å². The Morgan fingerprint density at radius 3 is 2.18 bits per heavy atom. The fourth-order valence-corrected chi connectivity index (χ4v) is 5.58. The summed E-state index contributed by atoms with van der Waals surface area (Å²) in [7, 11) is -2.37. The van der Waals surface area contributed by atoms with Gasteiger partial charge < -0.3 is 10.2 Å². The quantitative estimate of drug-likeness (QED) is 0.329. The maximum absolute atomic E-state index is 13.9. The molecule has 202 valence electrons. The maximum atomic E-state index is 13.9. The van der Waals surface area contributed by atoms with Gasteiger partial charge in [0.1, 0.15) is 12.6 Å². The van der Waals surface area contributed by atoms with Crippen LogP contribution >= 0.6 is 39.1 Å². The number of nitrogens with zero attached hydrogens (tertiary/aromatic N) is 2. The number of halogens is 3. The molecule has 0 saturated heterocycles. The zero-order chi connectivity index (χ0) is 28.0. The topological polar surface area (TPSA) is 86.8 Å². The van der Waals surface area contributed by atoms with Crippen LogP contribution in [-0.4, -0.2) is 51.0 Å². The molecule has 0 fully saturated rings. The Labute approximate surface area is 241 Å². The fourth-order valence-electron chi connectivity index (χ4n) is 3.97. The Balaban J connectivity index is 2.08. The maximum Gasteiger partial charge on any atom is 0.244 e. The van der Waals surface area contributed by atoms with Gasteiger partial charge in [0, 0.05) is 40.1 Å². The molecule has 0 saturated carbocycles. The largest absolute Gasteiger partial charge is 0.357 e. The number of carbonyl (C=O) groups is 2. The molecular formula is C27H28BrCl2N3O4S. The fraction of sp³-hybridized carbons (Fsp3) is 0.259. The lowest BCUT2D eigenvalue weighted by atomic mass is 10.0. The van der Waals surface area contributed by atoms with E-state index in [2.05, 4.69) is 21.2 Å². The summed E-state index contributed by atoms with van der Waals surface area (Å²) in [5, 5.41) is 3.28. The van der Waals surface area contributed by atoms with Gasteiger partial charge in [0.05, 0.1) is 11.9 Å². The summed E-state index contributed by atoms with van der Waals surface area (Å²) in [6.07, 6.45) is 1.23. The zero-order valence-electron chi connectivity index (χ0n) is 21.1. The monoisotopic (exact) mass is 639 g/mol. The molecule has 0 aliphatic heterocycles. The number of aryl methyl sites for hydroxylation is 1. The summed E-state index contributed by atoms with van der Waals surface area (Å²) in [6, 6.07) is 18.3. The average Bonchev–Trinajstić information content (AvgIpc) is 2.87. The SMILES string of the molecule is CNC(=O)C(Cc1ccccc1)N(Cc1c(Cl)cccc1Cl)C(=O)CN(c1ccc(Br)c(C)c1)S(C)(=O)=O. The van der Waals surface area contributed by atoms with Crippen LogP contribution in [-0.2, 0) is 32.6 Å². The molecule has 2 amide bonds. The highest BCUT2D eigenvalue weighted by molar-refractivity contribution is 9.10. The first kappa shape index (κ1) is 30.0. The smallest absolute Gasteiger partial charge is 0.244 e. The number of hydrogen-bond acceptors (Lipinski definition) is 4. The van der Waals surface area contributed by atoms with Crippen LogP contribution in [0.25, 0.3) is 0 Å². The number of nitrogens with one attached hydrogen (secondary N) is 1. The van der Waals surface area contributed by atoms with Crippen molar-refractivity contribution in [3.63, 3.8) is 0 Å². The van der Waals surface area contributed by atoms with Gasteiger partial charge in [-0.2, -0.15) is 0 Å². The minimum absolute atomic E-state index is 0.0980. The third-order valence-corrected chi connectivity index (χ3v) is 8.75. The first-order chi connectivity index (χ1) is 17.9. The number of hydrogen-bond donors (Lipinski definition) is 1. The summed E-state index contributed by atoms with van der Waals surface area (Å²) >= 11 is 16.3. The molecule has 0 aliphatic rings. The van der Waals surface area contributed by atoms with Crippen molar-refractivity contribution in [3.8, 4) is 0 Å². The van der Waals surface area contributed by atoms with E-state index in [0.717, 1.165) is 26.2 Å². The molecule has 0 heterocycles. The lowest BCUT2D eigenvalue weighted by molar-refractivity contribution is -0.139. The highest BCUT2D eigenvalue weighted by Crippen LogP contribution is 2.29. The van der Waals surface area contributed by atoms with Gasteiger partial charge >= 0.3 is 0 Å². The van der Waals surface area contributed by atoms with Gasteiger partial charge in [0.15, 0.2) is 0 Å². The molecule has 0 aromatic heterocycles. The molecule has 0 radical (unpaired) electrons. The van der Waals surface area contributed by atoms with Crippen molar-refractivity contribution in [3.05, 3.63) is 97.9 Å². The van der Waals surface area contributed by atoms with E-state index in [9.17, 15) is 18.0 Å². The standard InChI is InChI=1S/C27H28BrCl2N3O4S/c1-18-14-20(12-13-22(18)28)33(38(3,36)37)17-26(34)32(16-21-23(29)10-7-11-24(21)30)25(27(35)31-2)15-19-8-5-4-6-9-19/h4-14,25H,15-17H2,1-3H3,(H,31,35). The molecule has 1 N–H and O–H groups in total. The van der Waals surface area contributed by atoms with Crippen molar-refractivity contribution in [1.29, 1.82) is 0 Å². The second-order valence-electron chi connectivity index (χ2n) is 8.74. The molecule has 3 aromatic carbocycles. The van der Waals surface area contributed by atoms with Gasteiger partial charge in [-0.05, 0) is 48.4 Å². The molecule has 1 unspecified atom stereocenters. The highest BCUT2D eigenvalue weighted by Gasteiger charge is 2.33. The first-order valence-corrected chi connectivity index (χ1v) is 15.0. The van der Waals surface area contributed by atoms with Crippen LogP contribution in [0.15, 0.2) is 71.2 Å². The Bertz CT molecular complexity index is 1400. The Morgan fingerprint density at radius 2 is 1.63 bits per heavy atom. The number of amides is 2. The number of carbonyl (C=O) groups excluding carboxylic acids is 2. The minimum Gasteiger partial charge on any atom is -0.357 e. The van der Waals surface area contributed by atoms with Crippen molar-refractivity contribution < 1.29 is 18.0 Å². The van der Waals surface area contributed by atoms with Gasteiger partial charge in [-0.3, -0.25) is 13.9 Å². The van der Waals surface area contributed by atoms with Crippen LogP contribution in [0.5, 0.6) is 0 Å². The van der Waals surface area contributed by atoms with Gasteiger partial charge in [-0.25, -0.2) is 8.42 Å². The van der Waals surface area contributed by atoms with Gasteiger partial charge in [0.2, 0.25) is 21.8 Å². The second-order valence-corrected chi connectivity index (χ2v) is 12.3. The van der Waals surface area contributed by atoms with Crippen LogP contribution in [0.3, 0.4) is 0 Å². The summed E-state index contributed by atoms with van der Waals surface area (Å²) in [5.41, 5.74) is 2.41. The van der Waals surface area contributed by atoms with Crippen LogP contribution in [0, 0.1) is 6.92 Å². The lowest BCUT2D eigenvalue weighted by Crippen LogP contribution is -2.53. The molecule has 0 bridgehead atoms. The zero-order valence-corrected chi connectivity index (χ0v) is 25.0. The van der Waals surface area contributed by atoms with Gasteiger partial charge in [-0.1, -0.05) is 75.5 Å².